The minimum atomic E-state index is -0.319. The van der Waals surface area contributed by atoms with Crippen LogP contribution in [0.4, 0.5) is 0 Å². The SMILES string of the molecule is COCCCN(Cc1cc2ccc(OC)cc2nc1-c1ccccc1C)C(=O)c1cc2c([nH]c1=O)CCCC2. The number of aromatic nitrogens is 2. The van der Waals surface area contributed by atoms with E-state index in [0.717, 1.165) is 76.0 Å². The van der Waals surface area contributed by atoms with Gasteiger partial charge >= 0.3 is 0 Å². The molecule has 2 heterocycles. The predicted octanol–water partition coefficient (Wildman–Crippen LogP) is 5.46. The molecule has 5 rings (SSSR count). The van der Waals surface area contributed by atoms with Gasteiger partial charge in [0.2, 0.25) is 0 Å². The van der Waals surface area contributed by atoms with Crippen molar-refractivity contribution in [2.45, 2.75) is 45.6 Å². The quantitative estimate of drug-likeness (QED) is 0.293. The Labute approximate surface area is 228 Å². The van der Waals surface area contributed by atoms with Gasteiger partial charge in [-0.05, 0) is 80.0 Å². The largest absolute Gasteiger partial charge is 0.497 e. The summed E-state index contributed by atoms with van der Waals surface area (Å²) in [5.74, 6) is 0.466. The van der Waals surface area contributed by atoms with E-state index >= 15 is 0 Å². The van der Waals surface area contributed by atoms with Gasteiger partial charge in [-0.3, -0.25) is 9.59 Å². The van der Waals surface area contributed by atoms with Crippen LogP contribution in [-0.4, -0.2) is 48.1 Å². The van der Waals surface area contributed by atoms with Crippen molar-refractivity contribution < 1.29 is 14.3 Å². The fourth-order valence-corrected chi connectivity index (χ4v) is 5.37. The van der Waals surface area contributed by atoms with Crippen molar-refractivity contribution >= 4 is 16.8 Å². The van der Waals surface area contributed by atoms with E-state index in [9.17, 15) is 9.59 Å². The van der Waals surface area contributed by atoms with Crippen LogP contribution in [0.15, 0.2) is 59.4 Å². The fourth-order valence-electron chi connectivity index (χ4n) is 5.37. The second kappa shape index (κ2) is 11.8. The summed E-state index contributed by atoms with van der Waals surface area (Å²) in [5, 5.41) is 0.957. The lowest BCUT2D eigenvalue weighted by atomic mass is 9.94. The Hall–Kier alpha value is -3.97. The third-order valence-corrected chi connectivity index (χ3v) is 7.50. The minimum Gasteiger partial charge on any atom is -0.497 e. The highest BCUT2D eigenvalue weighted by Gasteiger charge is 2.24. The van der Waals surface area contributed by atoms with Crippen LogP contribution in [0.2, 0.25) is 0 Å². The molecule has 1 aliphatic carbocycles. The number of carbonyl (C=O) groups is 1. The van der Waals surface area contributed by atoms with E-state index in [0.29, 0.717) is 26.1 Å². The Morgan fingerprint density at radius 1 is 1.05 bits per heavy atom. The number of ether oxygens (including phenoxy) is 2. The standard InChI is InChI=1S/C32H35N3O4/c1-21-9-4-6-11-26(21)30-24(17-23-13-14-25(39-3)19-29(23)33-30)20-35(15-8-16-38-2)32(37)27-18-22-10-5-7-12-28(22)34-31(27)36/h4,6,9,11,13-14,17-19H,5,7-8,10,12,15-16,20H2,1-3H3,(H,34,36). The molecule has 0 aliphatic heterocycles. The van der Waals surface area contributed by atoms with Crippen LogP contribution < -0.4 is 10.3 Å². The maximum Gasteiger partial charge on any atom is 0.261 e. The molecule has 0 radical (unpaired) electrons. The molecule has 0 unspecified atom stereocenters. The van der Waals surface area contributed by atoms with E-state index in [2.05, 4.69) is 30.1 Å². The first kappa shape index (κ1) is 26.6. The number of fused-ring (bicyclic) bond motifs is 2. The number of carbonyl (C=O) groups excluding carboxylic acids is 1. The Balaban J connectivity index is 1.59. The first-order valence-electron chi connectivity index (χ1n) is 13.6. The molecule has 1 amide bonds. The highest BCUT2D eigenvalue weighted by Crippen LogP contribution is 2.31. The molecule has 0 saturated heterocycles. The molecule has 0 fully saturated rings. The number of rotatable bonds is 9. The average Bonchev–Trinajstić information content (AvgIpc) is 2.95. The van der Waals surface area contributed by atoms with Gasteiger partial charge in [-0.25, -0.2) is 4.98 Å². The van der Waals surface area contributed by atoms with Crippen LogP contribution in [0.25, 0.3) is 22.2 Å². The molecular formula is C32H35N3O4. The third-order valence-electron chi connectivity index (χ3n) is 7.50. The summed E-state index contributed by atoms with van der Waals surface area (Å²) in [4.78, 5) is 36.8. The van der Waals surface area contributed by atoms with Gasteiger partial charge in [-0.1, -0.05) is 24.3 Å². The van der Waals surface area contributed by atoms with E-state index in [-0.39, 0.29) is 17.0 Å². The summed E-state index contributed by atoms with van der Waals surface area (Å²) in [7, 11) is 3.29. The highest BCUT2D eigenvalue weighted by molar-refractivity contribution is 5.94. The zero-order chi connectivity index (χ0) is 27.4. The van der Waals surface area contributed by atoms with E-state index in [1.54, 1.807) is 19.1 Å². The van der Waals surface area contributed by atoms with Crippen LogP contribution >= 0.6 is 0 Å². The number of aromatic amines is 1. The minimum absolute atomic E-state index is 0.198. The van der Waals surface area contributed by atoms with Crippen molar-refractivity contribution in [3.05, 3.63) is 92.9 Å². The molecule has 7 nitrogen and oxygen atoms in total. The molecule has 7 heteroatoms. The van der Waals surface area contributed by atoms with Crippen LogP contribution in [0, 0.1) is 6.92 Å². The van der Waals surface area contributed by atoms with Gasteiger partial charge in [0.25, 0.3) is 11.5 Å². The Morgan fingerprint density at radius 2 is 1.87 bits per heavy atom. The smallest absolute Gasteiger partial charge is 0.261 e. The molecule has 4 aromatic rings. The van der Waals surface area contributed by atoms with Crippen LogP contribution in [-0.2, 0) is 24.1 Å². The monoisotopic (exact) mass is 525 g/mol. The number of benzene rings is 2. The Morgan fingerprint density at radius 3 is 2.67 bits per heavy atom. The van der Waals surface area contributed by atoms with Crippen LogP contribution in [0.5, 0.6) is 5.75 Å². The molecule has 2 aromatic heterocycles. The zero-order valence-electron chi connectivity index (χ0n) is 22.9. The number of H-pyrrole nitrogens is 1. The van der Waals surface area contributed by atoms with Crippen molar-refractivity contribution in [1.82, 2.24) is 14.9 Å². The first-order chi connectivity index (χ1) is 19.0. The van der Waals surface area contributed by atoms with Crippen molar-refractivity contribution in [3.63, 3.8) is 0 Å². The number of nitrogens with one attached hydrogen (secondary N) is 1. The molecular weight excluding hydrogens is 490 g/mol. The van der Waals surface area contributed by atoms with Gasteiger partial charge in [0.1, 0.15) is 11.3 Å². The van der Waals surface area contributed by atoms with E-state index in [4.69, 9.17) is 14.5 Å². The third kappa shape index (κ3) is 5.73. The van der Waals surface area contributed by atoms with Gasteiger partial charge in [-0.15, -0.1) is 0 Å². The number of hydrogen-bond donors (Lipinski definition) is 1. The van der Waals surface area contributed by atoms with Crippen LogP contribution in [0.3, 0.4) is 0 Å². The van der Waals surface area contributed by atoms with Crippen molar-refractivity contribution in [1.29, 1.82) is 0 Å². The Kier molecular flexibility index (Phi) is 8.07. The van der Waals surface area contributed by atoms with E-state index in [1.807, 2.05) is 36.4 Å². The summed E-state index contributed by atoms with van der Waals surface area (Å²) in [6.45, 7) is 3.35. The normalized spacial score (nSPS) is 12.8. The fraction of sp³-hybridized carbons (Fsp3) is 0.344. The summed E-state index contributed by atoms with van der Waals surface area (Å²) >= 11 is 0. The zero-order valence-corrected chi connectivity index (χ0v) is 22.9. The second-order valence-electron chi connectivity index (χ2n) is 10.2. The van der Waals surface area contributed by atoms with Crippen molar-refractivity contribution in [3.8, 4) is 17.0 Å². The average molecular weight is 526 g/mol. The summed E-state index contributed by atoms with van der Waals surface area (Å²) in [5.41, 5.74) is 6.57. The molecule has 1 N–H and O–H groups in total. The lowest BCUT2D eigenvalue weighted by molar-refractivity contribution is 0.0722. The molecule has 39 heavy (non-hydrogen) atoms. The topological polar surface area (TPSA) is 84.5 Å². The summed E-state index contributed by atoms with van der Waals surface area (Å²) < 4.78 is 10.7. The van der Waals surface area contributed by atoms with Crippen molar-refractivity contribution in [2.75, 3.05) is 27.4 Å². The summed E-state index contributed by atoms with van der Waals surface area (Å²) in [6.07, 6.45) is 4.51. The van der Waals surface area contributed by atoms with Gasteiger partial charge in [0, 0.05) is 49.5 Å². The summed E-state index contributed by atoms with van der Waals surface area (Å²) in [6, 6.07) is 17.8. The van der Waals surface area contributed by atoms with Crippen LogP contribution in [0.1, 0.15) is 52.0 Å². The molecule has 0 spiro atoms. The number of pyridine rings is 2. The molecule has 202 valence electrons. The predicted molar refractivity (Wildman–Crippen MR) is 153 cm³/mol. The van der Waals surface area contributed by atoms with Gasteiger partial charge in [0.05, 0.1) is 18.3 Å². The van der Waals surface area contributed by atoms with Gasteiger partial charge < -0.3 is 19.4 Å². The lowest BCUT2D eigenvalue weighted by Crippen LogP contribution is -2.36. The maximum atomic E-state index is 13.9. The van der Waals surface area contributed by atoms with E-state index < -0.39 is 0 Å². The first-order valence-corrected chi connectivity index (χ1v) is 13.6. The highest BCUT2D eigenvalue weighted by atomic mass is 16.5. The molecule has 1 aliphatic rings. The molecule has 0 atom stereocenters. The molecule has 0 saturated carbocycles. The number of hydrogen-bond acceptors (Lipinski definition) is 5. The lowest BCUT2D eigenvalue weighted by Gasteiger charge is -2.25. The molecule has 2 aromatic carbocycles. The molecule has 0 bridgehead atoms. The maximum absolute atomic E-state index is 13.9. The van der Waals surface area contributed by atoms with E-state index in [1.165, 1.54) is 0 Å². The number of amides is 1. The number of nitrogens with zero attached hydrogens (tertiary/aromatic N) is 2. The van der Waals surface area contributed by atoms with Crippen molar-refractivity contribution in [2.24, 2.45) is 0 Å². The van der Waals surface area contributed by atoms with Gasteiger partial charge in [-0.2, -0.15) is 0 Å². The van der Waals surface area contributed by atoms with Gasteiger partial charge in [0.15, 0.2) is 0 Å². The number of methoxy groups -OCH3 is 2. The second-order valence-corrected chi connectivity index (χ2v) is 10.2. The number of aryl methyl sites for hydroxylation is 3. The Bertz CT molecular complexity index is 1560.